The first kappa shape index (κ1) is 8.48. The highest BCUT2D eigenvalue weighted by Crippen LogP contribution is 2.30. The van der Waals surface area contributed by atoms with Crippen molar-refractivity contribution in [1.82, 2.24) is 9.55 Å². The van der Waals surface area contributed by atoms with E-state index < -0.39 is 0 Å². The molecule has 1 aliphatic rings. The van der Waals surface area contributed by atoms with Crippen molar-refractivity contribution in [2.24, 2.45) is 5.41 Å². The van der Waals surface area contributed by atoms with E-state index in [0.717, 1.165) is 31.5 Å². The molecule has 0 atom stereocenters. The number of fused-ring (bicyclic) bond motifs is 1. The summed E-state index contributed by atoms with van der Waals surface area (Å²) in [7, 11) is 0. The minimum atomic E-state index is 0.341. The maximum Gasteiger partial charge on any atom is 0.170 e. The molecule has 0 N–H and O–H groups in total. The molecule has 0 amide bonds. The average Bonchev–Trinajstić information content (AvgIpc) is 2.44. The molecule has 0 saturated heterocycles. The number of carbonyl (C=O) groups excluding carboxylic acids is 1. The molecular formula is C10H14N2O. The third-order valence-corrected chi connectivity index (χ3v) is 2.62. The van der Waals surface area contributed by atoms with Crippen molar-refractivity contribution < 1.29 is 4.79 Å². The van der Waals surface area contributed by atoms with Crippen molar-refractivity contribution in [3.63, 3.8) is 0 Å². The van der Waals surface area contributed by atoms with Gasteiger partial charge in [0.2, 0.25) is 0 Å². The Labute approximate surface area is 77.8 Å². The van der Waals surface area contributed by atoms with Crippen LogP contribution in [0.15, 0.2) is 6.20 Å². The lowest BCUT2D eigenvalue weighted by molar-refractivity contribution is 0.111. The van der Waals surface area contributed by atoms with E-state index in [1.807, 2.05) is 6.20 Å². The van der Waals surface area contributed by atoms with Gasteiger partial charge in [0, 0.05) is 19.2 Å². The van der Waals surface area contributed by atoms with Crippen molar-refractivity contribution in [3.05, 3.63) is 17.7 Å². The summed E-state index contributed by atoms with van der Waals surface area (Å²) in [4.78, 5) is 14.7. The van der Waals surface area contributed by atoms with E-state index in [0.29, 0.717) is 11.1 Å². The first-order chi connectivity index (χ1) is 6.11. The van der Waals surface area contributed by atoms with Gasteiger partial charge >= 0.3 is 0 Å². The SMILES string of the molecule is CC1(C)CCc2nc(C=O)cn2C1. The molecule has 0 spiro atoms. The summed E-state index contributed by atoms with van der Waals surface area (Å²) in [5.74, 6) is 1.06. The van der Waals surface area contributed by atoms with Crippen molar-refractivity contribution in [2.45, 2.75) is 33.2 Å². The molecular weight excluding hydrogens is 164 g/mol. The van der Waals surface area contributed by atoms with E-state index in [1.54, 1.807) is 0 Å². The first-order valence-electron chi connectivity index (χ1n) is 4.62. The molecule has 2 rings (SSSR count). The second-order valence-electron chi connectivity index (χ2n) is 4.49. The highest BCUT2D eigenvalue weighted by molar-refractivity contribution is 5.71. The normalized spacial score (nSPS) is 19.5. The predicted molar refractivity (Wildman–Crippen MR) is 49.7 cm³/mol. The standard InChI is InChI=1S/C10H14N2O/c1-10(2)4-3-9-11-8(6-13)5-12(9)7-10/h5-6H,3-4,7H2,1-2H3. The molecule has 1 aromatic heterocycles. The fourth-order valence-electron chi connectivity index (χ4n) is 1.86. The number of nitrogens with zero attached hydrogens (tertiary/aromatic N) is 2. The Hall–Kier alpha value is -1.12. The fraction of sp³-hybridized carbons (Fsp3) is 0.600. The summed E-state index contributed by atoms with van der Waals surface area (Å²) >= 11 is 0. The Kier molecular flexibility index (Phi) is 1.75. The van der Waals surface area contributed by atoms with Crippen LogP contribution < -0.4 is 0 Å². The molecule has 0 aliphatic carbocycles. The van der Waals surface area contributed by atoms with Crippen LogP contribution in [-0.2, 0) is 13.0 Å². The lowest BCUT2D eigenvalue weighted by Gasteiger charge is -2.30. The number of aromatic nitrogens is 2. The van der Waals surface area contributed by atoms with E-state index in [9.17, 15) is 4.79 Å². The van der Waals surface area contributed by atoms with E-state index in [1.165, 1.54) is 0 Å². The van der Waals surface area contributed by atoms with Gasteiger partial charge in [-0.25, -0.2) is 4.98 Å². The zero-order chi connectivity index (χ0) is 9.47. The molecule has 13 heavy (non-hydrogen) atoms. The van der Waals surface area contributed by atoms with Gasteiger partial charge in [-0.3, -0.25) is 4.79 Å². The number of rotatable bonds is 1. The largest absolute Gasteiger partial charge is 0.334 e. The van der Waals surface area contributed by atoms with Crippen LogP contribution in [0, 0.1) is 5.41 Å². The number of aldehydes is 1. The van der Waals surface area contributed by atoms with Gasteiger partial charge in [-0.2, -0.15) is 0 Å². The summed E-state index contributed by atoms with van der Waals surface area (Å²) < 4.78 is 2.10. The number of carbonyl (C=O) groups is 1. The summed E-state index contributed by atoms with van der Waals surface area (Å²) in [6.45, 7) is 5.47. The molecule has 0 radical (unpaired) electrons. The lowest BCUT2D eigenvalue weighted by Crippen LogP contribution is -2.26. The first-order valence-corrected chi connectivity index (χ1v) is 4.62. The van der Waals surface area contributed by atoms with Crippen LogP contribution in [0.2, 0.25) is 0 Å². The van der Waals surface area contributed by atoms with Gasteiger partial charge < -0.3 is 4.57 Å². The lowest BCUT2D eigenvalue weighted by atomic mass is 9.85. The van der Waals surface area contributed by atoms with E-state index in [2.05, 4.69) is 23.4 Å². The van der Waals surface area contributed by atoms with Crippen LogP contribution >= 0.6 is 0 Å². The highest BCUT2D eigenvalue weighted by atomic mass is 16.1. The minimum absolute atomic E-state index is 0.341. The number of hydrogen-bond donors (Lipinski definition) is 0. The van der Waals surface area contributed by atoms with Crippen LogP contribution in [0.4, 0.5) is 0 Å². The van der Waals surface area contributed by atoms with Gasteiger partial charge in [-0.15, -0.1) is 0 Å². The molecule has 0 fully saturated rings. The average molecular weight is 178 g/mol. The van der Waals surface area contributed by atoms with Gasteiger partial charge in [0.1, 0.15) is 11.5 Å². The number of aryl methyl sites for hydroxylation is 1. The molecule has 1 aliphatic heterocycles. The summed E-state index contributed by atoms with van der Waals surface area (Å²) in [6, 6.07) is 0. The summed E-state index contributed by atoms with van der Waals surface area (Å²) in [5.41, 5.74) is 0.904. The van der Waals surface area contributed by atoms with E-state index in [4.69, 9.17) is 0 Å². The van der Waals surface area contributed by atoms with Gasteiger partial charge in [-0.05, 0) is 11.8 Å². The Morgan fingerprint density at radius 1 is 1.62 bits per heavy atom. The highest BCUT2D eigenvalue weighted by Gasteiger charge is 2.25. The van der Waals surface area contributed by atoms with Gasteiger partial charge in [-0.1, -0.05) is 13.8 Å². The second kappa shape index (κ2) is 2.69. The van der Waals surface area contributed by atoms with E-state index >= 15 is 0 Å². The van der Waals surface area contributed by atoms with Crippen molar-refractivity contribution in [3.8, 4) is 0 Å². The summed E-state index contributed by atoms with van der Waals surface area (Å²) in [6.07, 6.45) is 4.81. The van der Waals surface area contributed by atoms with Crippen LogP contribution in [0.5, 0.6) is 0 Å². The maximum atomic E-state index is 10.5. The smallest absolute Gasteiger partial charge is 0.170 e. The quantitative estimate of drug-likeness (QED) is 0.613. The Bertz CT molecular complexity index is 339. The molecule has 0 unspecified atom stereocenters. The maximum absolute atomic E-state index is 10.5. The van der Waals surface area contributed by atoms with Crippen LogP contribution in [0.25, 0.3) is 0 Å². The van der Waals surface area contributed by atoms with Gasteiger partial charge in [0.25, 0.3) is 0 Å². The third-order valence-electron chi connectivity index (χ3n) is 2.62. The number of hydrogen-bond acceptors (Lipinski definition) is 2. The van der Waals surface area contributed by atoms with Crippen LogP contribution in [0.3, 0.4) is 0 Å². The van der Waals surface area contributed by atoms with Crippen molar-refractivity contribution in [1.29, 1.82) is 0 Å². The Morgan fingerprint density at radius 2 is 2.38 bits per heavy atom. The van der Waals surface area contributed by atoms with E-state index in [-0.39, 0.29) is 0 Å². The molecule has 3 nitrogen and oxygen atoms in total. The van der Waals surface area contributed by atoms with Crippen molar-refractivity contribution >= 4 is 6.29 Å². The minimum Gasteiger partial charge on any atom is -0.334 e. The fourth-order valence-corrected chi connectivity index (χ4v) is 1.86. The van der Waals surface area contributed by atoms with Gasteiger partial charge in [0.05, 0.1) is 0 Å². The topological polar surface area (TPSA) is 34.9 Å². The molecule has 0 saturated carbocycles. The molecule has 0 bridgehead atoms. The van der Waals surface area contributed by atoms with Crippen molar-refractivity contribution in [2.75, 3.05) is 0 Å². The molecule has 2 heterocycles. The number of imidazole rings is 1. The molecule has 1 aromatic rings. The summed E-state index contributed by atoms with van der Waals surface area (Å²) in [5, 5.41) is 0. The molecule has 3 heteroatoms. The Balaban J connectivity index is 2.35. The van der Waals surface area contributed by atoms with Gasteiger partial charge in [0.15, 0.2) is 6.29 Å². The molecule has 0 aromatic carbocycles. The van der Waals surface area contributed by atoms with Crippen LogP contribution in [-0.4, -0.2) is 15.8 Å². The predicted octanol–water partition coefficient (Wildman–Crippen LogP) is 1.67. The zero-order valence-corrected chi connectivity index (χ0v) is 8.08. The third kappa shape index (κ3) is 1.50. The monoisotopic (exact) mass is 178 g/mol. The Morgan fingerprint density at radius 3 is 3.08 bits per heavy atom. The zero-order valence-electron chi connectivity index (χ0n) is 8.08. The van der Waals surface area contributed by atoms with Crippen LogP contribution in [0.1, 0.15) is 36.6 Å². The molecule has 70 valence electrons. The second-order valence-corrected chi connectivity index (χ2v) is 4.49.